The number of nitrogens with zero attached hydrogens (tertiary/aromatic N) is 1. The van der Waals surface area contributed by atoms with Crippen LogP contribution in [0.5, 0.6) is 0 Å². The van der Waals surface area contributed by atoms with Crippen LogP contribution in [0.15, 0.2) is 40.3 Å². The van der Waals surface area contributed by atoms with Crippen molar-refractivity contribution in [3.05, 3.63) is 70.1 Å². The van der Waals surface area contributed by atoms with Gasteiger partial charge >= 0.3 is 0 Å². The van der Waals surface area contributed by atoms with Crippen LogP contribution in [-0.2, 0) is 11.2 Å². The molecule has 1 aromatic carbocycles. The molecule has 0 aliphatic rings. The lowest BCUT2D eigenvalue weighted by molar-refractivity contribution is -0.121. The molecule has 0 bridgehead atoms. The SMILES string of the molecule is Cc1occc1C(=O)Nc1nc(CC(=O)N[C@@H](C)c2ccc(F)c(F)c2)cs1. The van der Waals surface area contributed by atoms with Gasteiger partial charge < -0.3 is 9.73 Å². The second-order valence-electron chi connectivity index (χ2n) is 6.13. The van der Waals surface area contributed by atoms with E-state index < -0.39 is 17.7 Å². The molecule has 2 N–H and O–H groups in total. The van der Waals surface area contributed by atoms with Crippen molar-refractivity contribution in [3.63, 3.8) is 0 Å². The number of aryl methyl sites for hydroxylation is 1. The van der Waals surface area contributed by atoms with Gasteiger partial charge in [-0.25, -0.2) is 13.8 Å². The third-order valence-electron chi connectivity index (χ3n) is 4.04. The van der Waals surface area contributed by atoms with E-state index in [0.29, 0.717) is 27.7 Å². The number of rotatable bonds is 6. The summed E-state index contributed by atoms with van der Waals surface area (Å²) in [4.78, 5) is 28.6. The minimum Gasteiger partial charge on any atom is -0.469 e. The van der Waals surface area contributed by atoms with Crippen LogP contribution in [0.3, 0.4) is 0 Å². The van der Waals surface area contributed by atoms with Crippen LogP contribution in [0, 0.1) is 18.6 Å². The highest BCUT2D eigenvalue weighted by atomic mass is 32.1. The Morgan fingerprint density at radius 2 is 2.04 bits per heavy atom. The smallest absolute Gasteiger partial charge is 0.260 e. The molecule has 146 valence electrons. The van der Waals surface area contributed by atoms with Crippen LogP contribution in [0.4, 0.5) is 13.9 Å². The molecule has 3 aromatic rings. The monoisotopic (exact) mass is 405 g/mol. The average molecular weight is 405 g/mol. The Bertz CT molecular complexity index is 1020. The molecule has 0 radical (unpaired) electrons. The van der Waals surface area contributed by atoms with Gasteiger partial charge in [-0.15, -0.1) is 11.3 Å². The highest BCUT2D eigenvalue weighted by Crippen LogP contribution is 2.19. The van der Waals surface area contributed by atoms with Gasteiger partial charge in [-0.05, 0) is 37.6 Å². The zero-order chi connectivity index (χ0) is 20.3. The normalized spacial score (nSPS) is 11.9. The van der Waals surface area contributed by atoms with E-state index in [0.717, 1.165) is 12.1 Å². The molecule has 1 atom stereocenters. The number of amides is 2. The van der Waals surface area contributed by atoms with Gasteiger partial charge in [0.15, 0.2) is 16.8 Å². The predicted molar refractivity (Wildman–Crippen MR) is 100 cm³/mol. The number of anilines is 1. The third-order valence-corrected chi connectivity index (χ3v) is 4.85. The number of nitrogens with one attached hydrogen (secondary N) is 2. The molecule has 0 saturated carbocycles. The van der Waals surface area contributed by atoms with E-state index in [1.165, 1.54) is 23.7 Å². The number of hydrogen-bond donors (Lipinski definition) is 2. The second-order valence-corrected chi connectivity index (χ2v) is 6.99. The largest absolute Gasteiger partial charge is 0.469 e. The lowest BCUT2D eigenvalue weighted by Gasteiger charge is -2.14. The number of aromatic nitrogens is 1. The van der Waals surface area contributed by atoms with Gasteiger partial charge in [0, 0.05) is 5.38 Å². The third kappa shape index (κ3) is 4.61. The van der Waals surface area contributed by atoms with Gasteiger partial charge in [-0.2, -0.15) is 0 Å². The maximum atomic E-state index is 13.3. The van der Waals surface area contributed by atoms with Gasteiger partial charge in [0.25, 0.3) is 5.91 Å². The number of hydrogen-bond acceptors (Lipinski definition) is 5. The van der Waals surface area contributed by atoms with E-state index >= 15 is 0 Å². The van der Waals surface area contributed by atoms with Gasteiger partial charge in [-0.1, -0.05) is 6.07 Å². The van der Waals surface area contributed by atoms with Crippen LogP contribution in [0.2, 0.25) is 0 Å². The lowest BCUT2D eigenvalue weighted by Crippen LogP contribution is -2.28. The summed E-state index contributed by atoms with van der Waals surface area (Å²) < 4.78 is 31.4. The molecule has 2 amide bonds. The fourth-order valence-corrected chi connectivity index (χ4v) is 3.26. The zero-order valence-corrected chi connectivity index (χ0v) is 15.9. The first-order valence-electron chi connectivity index (χ1n) is 8.37. The fraction of sp³-hybridized carbons (Fsp3) is 0.211. The molecule has 28 heavy (non-hydrogen) atoms. The van der Waals surface area contributed by atoms with Gasteiger partial charge in [0.2, 0.25) is 5.91 Å². The Balaban J connectivity index is 1.57. The molecule has 2 aromatic heterocycles. The van der Waals surface area contributed by atoms with Crippen molar-refractivity contribution < 1.29 is 22.8 Å². The van der Waals surface area contributed by atoms with Gasteiger partial charge in [0.05, 0.1) is 30.0 Å². The van der Waals surface area contributed by atoms with E-state index in [1.807, 2.05) is 0 Å². The summed E-state index contributed by atoms with van der Waals surface area (Å²) in [5.74, 6) is -2.08. The second kappa shape index (κ2) is 8.30. The topological polar surface area (TPSA) is 84.2 Å². The van der Waals surface area contributed by atoms with Crippen molar-refractivity contribution in [1.82, 2.24) is 10.3 Å². The van der Waals surface area contributed by atoms with Crippen LogP contribution in [0.1, 0.15) is 40.3 Å². The van der Waals surface area contributed by atoms with Gasteiger partial charge in [-0.3, -0.25) is 14.9 Å². The Labute approximate surface area is 163 Å². The fourth-order valence-electron chi connectivity index (χ4n) is 2.55. The van der Waals surface area contributed by atoms with E-state index in [2.05, 4.69) is 15.6 Å². The Morgan fingerprint density at radius 1 is 1.25 bits per heavy atom. The molecule has 3 rings (SSSR count). The minimum absolute atomic E-state index is 0.00880. The average Bonchev–Trinajstić information content (AvgIpc) is 3.25. The highest BCUT2D eigenvalue weighted by molar-refractivity contribution is 7.14. The Hall–Kier alpha value is -3.07. The van der Waals surface area contributed by atoms with Crippen LogP contribution < -0.4 is 10.6 Å². The summed E-state index contributed by atoms with van der Waals surface area (Å²) in [6.45, 7) is 3.35. The maximum Gasteiger partial charge on any atom is 0.260 e. The predicted octanol–water partition coefficient (Wildman–Crippen LogP) is 3.99. The van der Waals surface area contributed by atoms with E-state index in [9.17, 15) is 18.4 Å². The summed E-state index contributed by atoms with van der Waals surface area (Å²) in [5.41, 5.74) is 1.35. The molecule has 2 heterocycles. The Morgan fingerprint density at radius 3 is 2.71 bits per heavy atom. The van der Waals surface area contributed by atoms with Crippen molar-refractivity contribution >= 4 is 28.3 Å². The van der Waals surface area contributed by atoms with Crippen molar-refractivity contribution in [2.24, 2.45) is 0 Å². The first-order valence-corrected chi connectivity index (χ1v) is 9.25. The molecule has 0 aliphatic carbocycles. The summed E-state index contributed by atoms with van der Waals surface area (Å²) in [6.07, 6.45) is 1.42. The summed E-state index contributed by atoms with van der Waals surface area (Å²) >= 11 is 1.20. The van der Waals surface area contributed by atoms with Crippen LogP contribution >= 0.6 is 11.3 Å². The zero-order valence-electron chi connectivity index (χ0n) is 15.1. The first-order chi connectivity index (χ1) is 13.3. The molecule has 0 spiro atoms. The highest BCUT2D eigenvalue weighted by Gasteiger charge is 2.16. The summed E-state index contributed by atoms with van der Waals surface area (Å²) in [7, 11) is 0. The number of carbonyl (C=O) groups excluding carboxylic acids is 2. The van der Waals surface area contributed by atoms with Crippen molar-refractivity contribution in [2.45, 2.75) is 26.3 Å². The summed E-state index contributed by atoms with van der Waals surface area (Å²) in [6, 6.07) is 4.55. The van der Waals surface area contributed by atoms with Crippen LogP contribution in [0.25, 0.3) is 0 Å². The standard InChI is InChI=1S/C19H17F2N3O3S/c1-10(12-3-4-15(20)16(21)7-12)22-17(25)8-13-9-28-19(23-13)24-18(26)14-5-6-27-11(14)2/h3-7,9-10H,8H2,1-2H3,(H,22,25)(H,23,24,26)/t10-/m0/s1. The van der Waals surface area contributed by atoms with Crippen molar-refractivity contribution in [1.29, 1.82) is 0 Å². The van der Waals surface area contributed by atoms with E-state index in [1.54, 1.807) is 25.3 Å². The number of thiazole rings is 1. The molecule has 0 saturated heterocycles. The molecule has 6 nitrogen and oxygen atoms in total. The quantitative estimate of drug-likeness (QED) is 0.649. The van der Waals surface area contributed by atoms with Crippen molar-refractivity contribution in [2.75, 3.05) is 5.32 Å². The number of furan rings is 1. The lowest BCUT2D eigenvalue weighted by atomic mass is 10.1. The molecule has 0 unspecified atom stereocenters. The number of carbonyl (C=O) groups is 2. The minimum atomic E-state index is -0.966. The molecule has 0 fully saturated rings. The number of benzene rings is 1. The maximum absolute atomic E-state index is 13.3. The van der Waals surface area contributed by atoms with E-state index in [4.69, 9.17) is 4.42 Å². The first kappa shape index (κ1) is 19.7. The van der Waals surface area contributed by atoms with E-state index in [-0.39, 0.29) is 18.2 Å². The Kier molecular flexibility index (Phi) is 5.84. The van der Waals surface area contributed by atoms with Crippen LogP contribution in [-0.4, -0.2) is 16.8 Å². The molecular formula is C19H17F2N3O3S. The van der Waals surface area contributed by atoms with Crippen molar-refractivity contribution in [3.8, 4) is 0 Å². The summed E-state index contributed by atoms with van der Waals surface area (Å²) in [5, 5.41) is 7.39. The molecule has 0 aliphatic heterocycles. The van der Waals surface area contributed by atoms with Gasteiger partial charge in [0.1, 0.15) is 5.76 Å². The molecule has 9 heteroatoms. The number of halogens is 2. The molecular weight excluding hydrogens is 388 g/mol.